The Morgan fingerprint density at radius 3 is 2.66 bits per heavy atom. The van der Waals surface area contributed by atoms with Gasteiger partial charge in [0.2, 0.25) is 5.91 Å². The summed E-state index contributed by atoms with van der Waals surface area (Å²) < 4.78 is 0. The van der Waals surface area contributed by atoms with E-state index in [1.54, 1.807) is 17.4 Å². The van der Waals surface area contributed by atoms with E-state index in [0.717, 1.165) is 44.4 Å². The molecule has 1 amide bonds. The van der Waals surface area contributed by atoms with E-state index in [1.807, 2.05) is 19.1 Å². The number of anilines is 2. The van der Waals surface area contributed by atoms with E-state index < -0.39 is 0 Å². The molecular formula is C20H29IN6OS. The second kappa shape index (κ2) is 12.0. The van der Waals surface area contributed by atoms with E-state index in [-0.39, 0.29) is 29.9 Å². The van der Waals surface area contributed by atoms with Crippen LogP contribution in [0.2, 0.25) is 0 Å². The molecule has 29 heavy (non-hydrogen) atoms. The average molecular weight is 528 g/mol. The number of pyridine rings is 1. The number of nitrogens with zero attached hydrogens (tertiary/aromatic N) is 4. The Balaban J connectivity index is 0.00000300. The lowest BCUT2D eigenvalue weighted by Crippen LogP contribution is -2.52. The van der Waals surface area contributed by atoms with E-state index in [0.29, 0.717) is 18.8 Å². The number of carbonyl (C=O) groups excluding carboxylic acids is 1. The van der Waals surface area contributed by atoms with Crippen LogP contribution in [0.15, 0.2) is 40.7 Å². The molecule has 2 aromatic heterocycles. The van der Waals surface area contributed by atoms with Crippen LogP contribution in [0.3, 0.4) is 0 Å². The number of guanidine groups is 1. The normalized spacial score (nSPS) is 14.3. The van der Waals surface area contributed by atoms with Gasteiger partial charge in [-0.25, -0.2) is 4.98 Å². The van der Waals surface area contributed by atoms with Crippen LogP contribution in [0, 0.1) is 6.92 Å². The number of carbonyl (C=O) groups is 1. The van der Waals surface area contributed by atoms with Crippen LogP contribution < -0.4 is 15.5 Å². The number of aryl methyl sites for hydroxylation is 1. The molecule has 3 heterocycles. The zero-order valence-corrected chi connectivity index (χ0v) is 20.1. The summed E-state index contributed by atoms with van der Waals surface area (Å²) in [6.07, 6.45) is 0.333. The Bertz CT molecular complexity index is 790. The van der Waals surface area contributed by atoms with Crippen molar-refractivity contribution in [1.82, 2.24) is 15.2 Å². The third kappa shape index (κ3) is 7.14. The predicted octanol–water partition coefficient (Wildman–Crippen LogP) is 3.19. The molecular weight excluding hydrogens is 499 g/mol. The summed E-state index contributed by atoms with van der Waals surface area (Å²) in [5.74, 6) is 1.40. The quantitative estimate of drug-likeness (QED) is 0.343. The number of amides is 1. The highest BCUT2D eigenvalue weighted by Gasteiger charge is 2.20. The van der Waals surface area contributed by atoms with Crippen molar-refractivity contribution in [1.29, 1.82) is 0 Å². The molecule has 2 aromatic rings. The van der Waals surface area contributed by atoms with Crippen molar-refractivity contribution in [2.45, 2.75) is 20.3 Å². The highest BCUT2D eigenvalue weighted by Crippen LogP contribution is 2.22. The lowest BCUT2D eigenvalue weighted by atomic mass is 10.3. The number of nitrogens with one attached hydrogen (secondary N) is 2. The molecule has 0 aliphatic carbocycles. The first kappa shape index (κ1) is 23.4. The van der Waals surface area contributed by atoms with Crippen molar-refractivity contribution >= 4 is 58.0 Å². The molecule has 158 valence electrons. The molecule has 0 atom stereocenters. The summed E-state index contributed by atoms with van der Waals surface area (Å²) in [6.45, 7) is 9.02. The van der Waals surface area contributed by atoms with Crippen LogP contribution >= 0.6 is 35.3 Å². The van der Waals surface area contributed by atoms with Gasteiger partial charge in [-0.05, 0) is 43.5 Å². The Hall–Kier alpha value is -1.88. The van der Waals surface area contributed by atoms with Crippen molar-refractivity contribution in [3.8, 4) is 0 Å². The summed E-state index contributed by atoms with van der Waals surface area (Å²) in [6, 6.07) is 9.85. The molecule has 1 aliphatic rings. The van der Waals surface area contributed by atoms with Gasteiger partial charge in [0.15, 0.2) is 5.96 Å². The van der Waals surface area contributed by atoms with E-state index in [2.05, 4.69) is 54.8 Å². The minimum atomic E-state index is -0.0692. The molecule has 1 saturated heterocycles. The molecule has 0 unspecified atom stereocenters. The van der Waals surface area contributed by atoms with Crippen LogP contribution in [-0.2, 0) is 4.79 Å². The second-order valence-corrected chi connectivity index (χ2v) is 7.55. The van der Waals surface area contributed by atoms with Crippen molar-refractivity contribution in [2.24, 2.45) is 4.99 Å². The van der Waals surface area contributed by atoms with Gasteiger partial charge in [0.25, 0.3) is 0 Å². The smallest absolute Gasteiger partial charge is 0.227 e. The summed E-state index contributed by atoms with van der Waals surface area (Å²) >= 11 is 1.78. The van der Waals surface area contributed by atoms with E-state index in [1.165, 1.54) is 5.00 Å². The highest BCUT2D eigenvalue weighted by molar-refractivity contribution is 14.0. The highest BCUT2D eigenvalue weighted by atomic mass is 127. The number of aromatic nitrogens is 1. The third-order valence-corrected chi connectivity index (χ3v) is 5.42. The average Bonchev–Trinajstić information content (AvgIpc) is 3.22. The summed E-state index contributed by atoms with van der Waals surface area (Å²) in [4.78, 5) is 25.8. The van der Waals surface area contributed by atoms with Crippen molar-refractivity contribution < 1.29 is 4.79 Å². The standard InChI is InChI=1S/C20H28N6OS.HI/c1-3-21-20(26-13-11-25(12-14-26)19-8-5-15-28-19)22-10-9-18(27)24-17-7-4-6-16(2)23-17;/h4-8,15H,3,9-14H2,1-2H3,(H,21,22)(H,23,24,27);1H. The molecule has 1 fully saturated rings. The van der Waals surface area contributed by atoms with Crippen LogP contribution in [0.25, 0.3) is 0 Å². The number of thiophene rings is 1. The maximum Gasteiger partial charge on any atom is 0.227 e. The SMILES string of the molecule is CCNC(=NCCC(=O)Nc1cccc(C)n1)N1CCN(c2cccs2)CC1.I. The number of rotatable bonds is 6. The van der Waals surface area contributed by atoms with Gasteiger partial charge in [-0.2, -0.15) is 0 Å². The minimum absolute atomic E-state index is 0. The number of hydrogen-bond donors (Lipinski definition) is 2. The van der Waals surface area contributed by atoms with Crippen molar-refractivity contribution in [2.75, 3.05) is 49.5 Å². The molecule has 0 aromatic carbocycles. The number of piperazine rings is 1. The Morgan fingerprint density at radius 2 is 2.00 bits per heavy atom. The number of halogens is 1. The molecule has 0 radical (unpaired) electrons. The molecule has 0 spiro atoms. The molecule has 1 aliphatic heterocycles. The molecule has 2 N–H and O–H groups in total. The maximum absolute atomic E-state index is 12.2. The van der Waals surface area contributed by atoms with Gasteiger partial charge >= 0.3 is 0 Å². The fraction of sp³-hybridized carbons (Fsp3) is 0.450. The number of hydrogen-bond acceptors (Lipinski definition) is 5. The molecule has 3 rings (SSSR count). The molecule has 0 saturated carbocycles. The summed E-state index contributed by atoms with van der Waals surface area (Å²) in [5, 5.41) is 9.62. The predicted molar refractivity (Wildman–Crippen MR) is 132 cm³/mol. The van der Waals surface area contributed by atoms with Crippen LogP contribution in [0.4, 0.5) is 10.8 Å². The summed E-state index contributed by atoms with van der Waals surface area (Å²) in [5.41, 5.74) is 0.881. The van der Waals surface area contributed by atoms with E-state index in [4.69, 9.17) is 0 Å². The van der Waals surface area contributed by atoms with E-state index >= 15 is 0 Å². The molecule has 9 heteroatoms. The fourth-order valence-electron chi connectivity index (χ4n) is 3.10. The lowest BCUT2D eigenvalue weighted by Gasteiger charge is -2.37. The van der Waals surface area contributed by atoms with Gasteiger partial charge in [0.1, 0.15) is 5.82 Å². The molecule has 7 nitrogen and oxygen atoms in total. The first-order chi connectivity index (χ1) is 13.7. The zero-order chi connectivity index (χ0) is 19.8. The van der Waals surface area contributed by atoms with Gasteiger partial charge in [-0.1, -0.05) is 6.07 Å². The largest absolute Gasteiger partial charge is 0.360 e. The fourth-order valence-corrected chi connectivity index (χ4v) is 3.88. The first-order valence-corrected chi connectivity index (χ1v) is 10.6. The molecule has 0 bridgehead atoms. The van der Waals surface area contributed by atoms with Gasteiger partial charge in [0.05, 0.1) is 11.5 Å². The second-order valence-electron chi connectivity index (χ2n) is 6.62. The van der Waals surface area contributed by atoms with Crippen molar-refractivity contribution in [3.63, 3.8) is 0 Å². The monoisotopic (exact) mass is 528 g/mol. The minimum Gasteiger partial charge on any atom is -0.360 e. The van der Waals surface area contributed by atoms with Crippen LogP contribution in [0.5, 0.6) is 0 Å². The summed E-state index contributed by atoms with van der Waals surface area (Å²) in [7, 11) is 0. The topological polar surface area (TPSA) is 72.9 Å². The van der Waals surface area contributed by atoms with Gasteiger partial charge in [-0.3, -0.25) is 9.79 Å². The van der Waals surface area contributed by atoms with Gasteiger partial charge < -0.3 is 20.4 Å². The lowest BCUT2D eigenvalue weighted by molar-refractivity contribution is -0.116. The van der Waals surface area contributed by atoms with Crippen molar-refractivity contribution in [3.05, 3.63) is 41.4 Å². The van der Waals surface area contributed by atoms with E-state index in [9.17, 15) is 4.79 Å². The van der Waals surface area contributed by atoms with Gasteiger partial charge in [-0.15, -0.1) is 35.3 Å². The Kier molecular flexibility index (Phi) is 9.65. The number of aliphatic imine (C=N–C) groups is 1. The van der Waals surface area contributed by atoms with Crippen LogP contribution in [-0.4, -0.2) is 61.0 Å². The van der Waals surface area contributed by atoms with Gasteiger partial charge in [0, 0.05) is 44.8 Å². The first-order valence-electron chi connectivity index (χ1n) is 9.71. The Morgan fingerprint density at radius 1 is 1.21 bits per heavy atom. The van der Waals surface area contributed by atoms with Crippen LogP contribution in [0.1, 0.15) is 19.0 Å². The Labute approximate surface area is 193 Å². The maximum atomic E-state index is 12.2. The zero-order valence-electron chi connectivity index (χ0n) is 16.9. The third-order valence-electron chi connectivity index (χ3n) is 4.49.